The fourth-order valence-electron chi connectivity index (χ4n) is 2.09. The van der Waals surface area contributed by atoms with Crippen LogP contribution in [0.3, 0.4) is 0 Å². The maximum Gasteiger partial charge on any atom is 0.273 e. The molecule has 1 aromatic heterocycles. The minimum atomic E-state index is -0.153. The summed E-state index contributed by atoms with van der Waals surface area (Å²) in [6.07, 6.45) is 3.66. The number of nitrogens with one attached hydrogen (secondary N) is 2. The van der Waals surface area contributed by atoms with Gasteiger partial charge in [-0.25, -0.2) is 4.98 Å². The number of piperidine rings is 1. The summed E-state index contributed by atoms with van der Waals surface area (Å²) in [6, 6.07) is 0.129. The summed E-state index contributed by atoms with van der Waals surface area (Å²) in [4.78, 5) is 16.3. The highest BCUT2D eigenvalue weighted by Crippen LogP contribution is 2.22. The maximum absolute atomic E-state index is 12.0. The molecular formula is C14H23N3O2. The number of nitrogens with zero attached hydrogens (tertiary/aromatic N) is 1. The van der Waals surface area contributed by atoms with Crippen LogP contribution in [0, 0.1) is 5.92 Å². The molecule has 0 saturated carbocycles. The standard InChI is InChI=1S/C14H23N3O2/c1-9(2)10(3)16-13(18)12-8-19-14(17-12)11-5-4-6-15-7-11/h8-11,15H,4-7H2,1-3H3,(H,16,18). The Balaban J connectivity index is 1.98. The summed E-state index contributed by atoms with van der Waals surface area (Å²) >= 11 is 0. The lowest BCUT2D eigenvalue weighted by Gasteiger charge is -2.19. The van der Waals surface area contributed by atoms with Crippen molar-refractivity contribution in [1.29, 1.82) is 0 Å². The van der Waals surface area contributed by atoms with E-state index in [0.29, 0.717) is 17.5 Å². The second-order valence-electron chi connectivity index (χ2n) is 5.62. The molecule has 1 amide bonds. The number of hydrogen-bond acceptors (Lipinski definition) is 4. The van der Waals surface area contributed by atoms with E-state index in [2.05, 4.69) is 29.5 Å². The van der Waals surface area contributed by atoms with Gasteiger partial charge in [-0.05, 0) is 32.2 Å². The number of rotatable bonds is 4. The molecule has 0 radical (unpaired) electrons. The molecule has 106 valence electrons. The number of aromatic nitrogens is 1. The van der Waals surface area contributed by atoms with Crippen LogP contribution in [0.15, 0.2) is 10.7 Å². The molecule has 1 aliphatic heterocycles. The van der Waals surface area contributed by atoms with E-state index >= 15 is 0 Å². The van der Waals surface area contributed by atoms with Gasteiger partial charge in [0.05, 0.1) is 0 Å². The number of carbonyl (C=O) groups is 1. The first-order valence-electron chi connectivity index (χ1n) is 7.05. The molecule has 2 N–H and O–H groups in total. The Morgan fingerprint density at radius 3 is 2.95 bits per heavy atom. The number of amides is 1. The molecular weight excluding hydrogens is 242 g/mol. The largest absolute Gasteiger partial charge is 0.448 e. The van der Waals surface area contributed by atoms with Crippen molar-refractivity contribution in [3.8, 4) is 0 Å². The van der Waals surface area contributed by atoms with Crippen LogP contribution < -0.4 is 10.6 Å². The lowest BCUT2D eigenvalue weighted by atomic mass is 10.00. The number of oxazole rings is 1. The highest BCUT2D eigenvalue weighted by molar-refractivity contribution is 5.92. The summed E-state index contributed by atoms with van der Waals surface area (Å²) in [5, 5.41) is 6.25. The van der Waals surface area contributed by atoms with Gasteiger partial charge in [0.1, 0.15) is 6.26 Å². The van der Waals surface area contributed by atoms with Gasteiger partial charge in [-0.2, -0.15) is 0 Å². The number of carbonyl (C=O) groups excluding carboxylic acids is 1. The highest BCUT2D eigenvalue weighted by atomic mass is 16.3. The van der Waals surface area contributed by atoms with E-state index in [-0.39, 0.29) is 17.9 Å². The zero-order valence-corrected chi connectivity index (χ0v) is 11.9. The summed E-state index contributed by atoms with van der Waals surface area (Å²) in [6.45, 7) is 8.08. The van der Waals surface area contributed by atoms with Gasteiger partial charge in [0.15, 0.2) is 11.6 Å². The molecule has 0 bridgehead atoms. The highest BCUT2D eigenvalue weighted by Gasteiger charge is 2.22. The topological polar surface area (TPSA) is 67.2 Å². The van der Waals surface area contributed by atoms with Gasteiger partial charge in [-0.3, -0.25) is 4.79 Å². The third-order valence-corrected chi connectivity index (χ3v) is 3.76. The molecule has 2 heterocycles. The Morgan fingerprint density at radius 1 is 1.53 bits per heavy atom. The molecule has 2 atom stereocenters. The molecule has 2 rings (SSSR count). The Labute approximate surface area is 114 Å². The molecule has 1 aliphatic rings. The molecule has 1 saturated heterocycles. The van der Waals surface area contributed by atoms with E-state index < -0.39 is 0 Å². The van der Waals surface area contributed by atoms with Gasteiger partial charge in [0, 0.05) is 18.5 Å². The average molecular weight is 265 g/mol. The Bertz CT molecular complexity index is 422. The first kappa shape index (κ1) is 14.1. The van der Waals surface area contributed by atoms with Crippen LogP contribution in [0.2, 0.25) is 0 Å². The lowest BCUT2D eigenvalue weighted by molar-refractivity contribution is 0.0925. The van der Waals surface area contributed by atoms with E-state index in [4.69, 9.17) is 4.42 Å². The van der Waals surface area contributed by atoms with Gasteiger partial charge < -0.3 is 15.1 Å². The predicted molar refractivity (Wildman–Crippen MR) is 73.1 cm³/mol. The van der Waals surface area contributed by atoms with Gasteiger partial charge in [0.2, 0.25) is 0 Å². The summed E-state index contributed by atoms with van der Waals surface area (Å²) in [5.41, 5.74) is 0.382. The Kier molecular flexibility index (Phi) is 4.58. The second-order valence-corrected chi connectivity index (χ2v) is 5.62. The van der Waals surface area contributed by atoms with Crippen LogP contribution in [-0.2, 0) is 0 Å². The molecule has 0 aliphatic carbocycles. The van der Waals surface area contributed by atoms with Crippen molar-refractivity contribution in [2.45, 2.75) is 45.6 Å². The molecule has 0 aromatic carbocycles. The summed E-state index contributed by atoms with van der Waals surface area (Å²) < 4.78 is 5.46. The molecule has 5 nitrogen and oxygen atoms in total. The first-order valence-corrected chi connectivity index (χ1v) is 7.05. The van der Waals surface area contributed by atoms with Gasteiger partial charge in [-0.15, -0.1) is 0 Å². The maximum atomic E-state index is 12.0. The fourth-order valence-corrected chi connectivity index (χ4v) is 2.09. The third kappa shape index (κ3) is 3.56. The average Bonchev–Trinajstić information content (AvgIpc) is 2.89. The summed E-state index contributed by atoms with van der Waals surface area (Å²) in [7, 11) is 0. The third-order valence-electron chi connectivity index (χ3n) is 3.76. The molecule has 1 fully saturated rings. The van der Waals surface area contributed by atoms with E-state index in [1.807, 2.05) is 6.92 Å². The molecule has 0 spiro atoms. The molecule has 5 heteroatoms. The SMILES string of the molecule is CC(C)C(C)NC(=O)c1coc(C2CCCNC2)n1. The minimum Gasteiger partial charge on any atom is -0.448 e. The molecule has 19 heavy (non-hydrogen) atoms. The van der Waals surface area contributed by atoms with E-state index in [0.717, 1.165) is 25.9 Å². The zero-order valence-electron chi connectivity index (χ0n) is 11.9. The van der Waals surface area contributed by atoms with Crippen LogP contribution >= 0.6 is 0 Å². The van der Waals surface area contributed by atoms with Gasteiger partial charge in [-0.1, -0.05) is 13.8 Å². The minimum absolute atomic E-state index is 0.129. The van der Waals surface area contributed by atoms with E-state index in [1.54, 1.807) is 0 Å². The second kappa shape index (κ2) is 6.19. The van der Waals surface area contributed by atoms with Crippen molar-refractivity contribution in [3.63, 3.8) is 0 Å². The fraction of sp³-hybridized carbons (Fsp3) is 0.714. The Hall–Kier alpha value is -1.36. The summed E-state index contributed by atoms with van der Waals surface area (Å²) in [5.74, 6) is 1.21. The van der Waals surface area contributed by atoms with Crippen LogP contribution in [0.4, 0.5) is 0 Å². The molecule has 1 aromatic rings. The van der Waals surface area contributed by atoms with Crippen LogP contribution in [0.5, 0.6) is 0 Å². The van der Waals surface area contributed by atoms with Crippen LogP contribution in [-0.4, -0.2) is 30.0 Å². The van der Waals surface area contributed by atoms with E-state index in [9.17, 15) is 4.79 Å². The molecule has 2 unspecified atom stereocenters. The van der Waals surface area contributed by atoms with Crippen molar-refractivity contribution >= 4 is 5.91 Å². The normalized spacial score (nSPS) is 21.4. The predicted octanol–water partition coefficient (Wildman–Crippen LogP) is 1.92. The van der Waals surface area contributed by atoms with Gasteiger partial charge >= 0.3 is 0 Å². The van der Waals surface area contributed by atoms with Crippen molar-refractivity contribution < 1.29 is 9.21 Å². The van der Waals surface area contributed by atoms with Crippen LogP contribution in [0.1, 0.15) is 55.9 Å². The Morgan fingerprint density at radius 2 is 2.32 bits per heavy atom. The lowest BCUT2D eigenvalue weighted by Crippen LogP contribution is -2.36. The van der Waals surface area contributed by atoms with Crippen molar-refractivity contribution in [2.24, 2.45) is 5.92 Å². The van der Waals surface area contributed by atoms with Gasteiger partial charge in [0.25, 0.3) is 5.91 Å². The van der Waals surface area contributed by atoms with Crippen molar-refractivity contribution in [2.75, 3.05) is 13.1 Å². The smallest absolute Gasteiger partial charge is 0.273 e. The zero-order chi connectivity index (χ0) is 13.8. The van der Waals surface area contributed by atoms with E-state index in [1.165, 1.54) is 6.26 Å². The first-order chi connectivity index (χ1) is 9.08. The monoisotopic (exact) mass is 265 g/mol. The van der Waals surface area contributed by atoms with Crippen molar-refractivity contribution in [1.82, 2.24) is 15.6 Å². The number of hydrogen-bond donors (Lipinski definition) is 2. The quantitative estimate of drug-likeness (QED) is 0.872. The van der Waals surface area contributed by atoms with Crippen molar-refractivity contribution in [3.05, 3.63) is 17.8 Å². The van der Waals surface area contributed by atoms with Crippen LogP contribution in [0.25, 0.3) is 0 Å².